The van der Waals surface area contributed by atoms with E-state index in [0.717, 1.165) is 23.1 Å². The minimum Gasteiger partial charge on any atom is -0.369 e. The number of carbonyl (C=O) groups excluding carboxylic acids is 1. The number of aliphatic imine (C=N–C) groups is 1. The molecule has 0 fully saturated rings. The average molecular weight is 347 g/mol. The van der Waals surface area contributed by atoms with Gasteiger partial charge in [-0.25, -0.2) is 4.99 Å². The number of aryl methyl sites for hydroxylation is 1. The molecular weight excluding hydrogens is 322 g/mol. The van der Waals surface area contributed by atoms with Crippen LogP contribution in [0.4, 0.5) is 0 Å². The van der Waals surface area contributed by atoms with Gasteiger partial charge in [0.25, 0.3) is 5.91 Å². The lowest BCUT2D eigenvalue weighted by molar-refractivity contribution is -0.132. The summed E-state index contributed by atoms with van der Waals surface area (Å²) >= 11 is 0. The van der Waals surface area contributed by atoms with E-state index in [1.54, 1.807) is 7.05 Å². The fourth-order valence-electron chi connectivity index (χ4n) is 4.48. The van der Waals surface area contributed by atoms with Crippen LogP contribution in [-0.4, -0.2) is 23.8 Å². The number of hydrogen-bond donors (Lipinski definition) is 1. The summed E-state index contributed by atoms with van der Waals surface area (Å²) in [5.74, 6) is 0.282. The molecule has 1 aliphatic heterocycles. The summed E-state index contributed by atoms with van der Waals surface area (Å²) in [6.45, 7) is 6.49. The van der Waals surface area contributed by atoms with Crippen molar-refractivity contribution in [1.29, 1.82) is 0 Å². The van der Waals surface area contributed by atoms with Gasteiger partial charge in [-0.15, -0.1) is 0 Å². The van der Waals surface area contributed by atoms with Crippen molar-refractivity contribution in [1.82, 2.24) is 4.90 Å². The van der Waals surface area contributed by atoms with Crippen molar-refractivity contribution in [3.05, 3.63) is 59.2 Å². The van der Waals surface area contributed by atoms with Gasteiger partial charge in [0.05, 0.1) is 0 Å². The van der Waals surface area contributed by atoms with Gasteiger partial charge < -0.3 is 5.73 Å². The zero-order valence-corrected chi connectivity index (χ0v) is 15.8. The summed E-state index contributed by atoms with van der Waals surface area (Å²) < 4.78 is 0. The molecule has 1 atom stereocenters. The maximum absolute atomic E-state index is 13.2. The van der Waals surface area contributed by atoms with E-state index in [1.165, 1.54) is 16.0 Å². The van der Waals surface area contributed by atoms with Gasteiger partial charge in [0.1, 0.15) is 0 Å². The van der Waals surface area contributed by atoms with E-state index in [2.05, 4.69) is 63.2 Å². The molecule has 1 aliphatic carbocycles. The highest BCUT2D eigenvalue weighted by atomic mass is 16.2. The second-order valence-electron chi connectivity index (χ2n) is 8.45. The topological polar surface area (TPSA) is 58.7 Å². The highest BCUT2D eigenvalue weighted by Gasteiger charge is 2.54. The van der Waals surface area contributed by atoms with E-state index in [0.29, 0.717) is 12.4 Å². The standard InChI is InChI=1S/C22H25N3O/c1-14-6-5-7-15(10-14)16-8-9-17-12-21(2,3)13-22(18(17)11-16)19(26)25(4)20(23)24-22/h5-11H,12-13H2,1-4H3,(H2,23,24). The monoisotopic (exact) mass is 347 g/mol. The maximum Gasteiger partial charge on any atom is 0.261 e. The Morgan fingerprint density at radius 2 is 1.85 bits per heavy atom. The second kappa shape index (κ2) is 5.44. The Morgan fingerprint density at radius 1 is 1.12 bits per heavy atom. The quantitative estimate of drug-likeness (QED) is 0.856. The lowest BCUT2D eigenvalue weighted by Crippen LogP contribution is -2.46. The molecule has 0 bridgehead atoms. The highest BCUT2D eigenvalue weighted by molar-refractivity contribution is 6.07. The molecule has 0 radical (unpaired) electrons. The van der Waals surface area contributed by atoms with E-state index in [4.69, 9.17) is 10.7 Å². The number of nitrogens with zero attached hydrogens (tertiary/aromatic N) is 2. The number of likely N-dealkylation sites (N-methyl/N-ethyl adjacent to an activating group) is 1. The van der Waals surface area contributed by atoms with Crippen molar-refractivity contribution in [3.8, 4) is 11.1 Å². The number of fused-ring (bicyclic) bond motifs is 2. The zero-order valence-electron chi connectivity index (χ0n) is 15.8. The molecule has 1 unspecified atom stereocenters. The third-order valence-corrected chi connectivity index (χ3v) is 5.62. The maximum atomic E-state index is 13.2. The number of benzene rings is 2. The second-order valence-corrected chi connectivity index (χ2v) is 8.45. The number of amides is 1. The Kier molecular flexibility index (Phi) is 3.52. The molecule has 0 saturated heterocycles. The summed E-state index contributed by atoms with van der Waals surface area (Å²) in [6, 6.07) is 14.9. The Balaban J connectivity index is 1.93. The Morgan fingerprint density at radius 3 is 2.50 bits per heavy atom. The molecule has 134 valence electrons. The Hall–Kier alpha value is -2.62. The van der Waals surface area contributed by atoms with Crippen LogP contribution in [0.2, 0.25) is 0 Å². The van der Waals surface area contributed by atoms with Gasteiger partial charge in [-0.05, 0) is 53.5 Å². The fourth-order valence-corrected chi connectivity index (χ4v) is 4.48. The smallest absolute Gasteiger partial charge is 0.261 e. The number of carbonyl (C=O) groups is 1. The molecule has 4 rings (SSSR count). The third-order valence-electron chi connectivity index (χ3n) is 5.62. The van der Waals surface area contributed by atoms with E-state index < -0.39 is 5.54 Å². The largest absolute Gasteiger partial charge is 0.369 e. The van der Waals surface area contributed by atoms with Crippen molar-refractivity contribution in [3.63, 3.8) is 0 Å². The first-order valence-electron chi connectivity index (χ1n) is 9.06. The summed E-state index contributed by atoms with van der Waals surface area (Å²) in [6.07, 6.45) is 1.61. The van der Waals surface area contributed by atoms with Crippen molar-refractivity contribution < 1.29 is 4.79 Å². The minimum atomic E-state index is -0.893. The molecule has 2 aromatic carbocycles. The zero-order chi connectivity index (χ0) is 18.7. The molecule has 4 nitrogen and oxygen atoms in total. The lowest BCUT2D eigenvalue weighted by atomic mass is 9.65. The molecule has 1 amide bonds. The van der Waals surface area contributed by atoms with Crippen LogP contribution in [-0.2, 0) is 16.8 Å². The van der Waals surface area contributed by atoms with Crippen LogP contribution in [0.1, 0.15) is 37.0 Å². The molecule has 26 heavy (non-hydrogen) atoms. The van der Waals surface area contributed by atoms with Crippen molar-refractivity contribution in [2.75, 3.05) is 7.05 Å². The molecule has 2 aromatic rings. The molecule has 1 spiro atoms. The van der Waals surface area contributed by atoms with Gasteiger partial charge in [-0.3, -0.25) is 9.69 Å². The van der Waals surface area contributed by atoms with Gasteiger partial charge in [-0.1, -0.05) is 55.8 Å². The van der Waals surface area contributed by atoms with Crippen LogP contribution < -0.4 is 5.73 Å². The van der Waals surface area contributed by atoms with Crippen LogP contribution in [0.25, 0.3) is 11.1 Å². The molecule has 2 N–H and O–H groups in total. The number of hydrogen-bond acceptors (Lipinski definition) is 3. The van der Waals surface area contributed by atoms with Gasteiger partial charge in [-0.2, -0.15) is 0 Å². The van der Waals surface area contributed by atoms with E-state index in [-0.39, 0.29) is 11.3 Å². The van der Waals surface area contributed by atoms with Crippen LogP contribution in [0.3, 0.4) is 0 Å². The summed E-state index contributed by atoms with van der Waals surface area (Å²) in [4.78, 5) is 19.4. The number of nitrogens with two attached hydrogens (primary N) is 1. The van der Waals surface area contributed by atoms with Gasteiger partial charge in [0.15, 0.2) is 11.5 Å². The molecule has 2 aliphatic rings. The van der Waals surface area contributed by atoms with Gasteiger partial charge in [0, 0.05) is 7.05 Å². The number of guanidine groups is 1. The SMILES string of the molecule is Cc1cccc(-c2ccc3c(c2)C2(CC(C)(C)C3)N=C(N)N(C)C2=O)c1. The minimum absolute atomic E-state index is 0.0114. The third kappa shape index (κ3) is 2.44. The molecule has 1 heterocycles. The molecular formula is C22H25N3O. The first-order valence-corrected chi connectivity index (χ1v) is 9.06. The fraction of sp³-hybridized carbons (Fsp3) is 0.364. The summed E-state index contributed by atoms with van der Waals surface area (Å²) in [5.41, 5.74) is 10.8. The van der Waals surface area contributed by atoms with Gasteiger partial charge in [0.2, 0.25) is 0 Å². The highest BCUT2D eigenvalue weighted by Crippen LogP contribution is 2.50. The molecule has 0 aromatic heterocycles. The van der Waals surface area contributed by atoms with Crippen LogP contribution in [0.5, 0.6) is 0 Å². The summed E-state index contributed by atoms with van der Waals surface area (Å²) in [5, 5.41) is 0. The van der Waals surface area contributed by atoms with Crippen molar-refractivity contribution in [2.45, 2.75) is 39.2 Å². The van der Waals surface area contributed by atoms with E-state index in [9.17, 15) is 4.79 Å². The predicted molar refractivity (Wildman–Crippen MR) is 105 cm³/mol. The normalized spacial score (nSPS) is 23.9. The first kappa shape index (κ1) is 16.8. The molecule has 4 heteroatoms. The summed E-state index contributed by atoms with van der Waals surface area (Å²) in [7, 11) is 1.71. The first-order chi connectivity index (χ1) is 12.2. The van der Waals surface area contributed by atoms with Crippen LogP contribution in [0.15, 0.2) is 47.5 Å². The van der Waals surface area contributed by atoms with E-state index in [1.807, 2.05) is 0 Å². The van der Waals surface area contributed by atoms with Crippen LogP contribution >= 0.6 is 0 Å². The average Bonchev–Trinajstić information content (AvgIpc) is 2.78. The predicted octanol–water partition coefficient (Wildman–Crippen LogP) is 3.62. The van der Waals surface area contributed by atoms with E-state index >= 15 is 0 Å². The van der Waals surface area contributed by atoms with Gasteiger partial charge >= 0.3 is 0 Å². The Labute approximate surface area is 154 Å². The Bertz CT molecular complexity index is 944. The van der Waals surface area contributed by atoms with Crippen molar-refractivity contribution >= 4 is 11.9 Å². The van der Waals surface area contributed by atoms with Crippen LogP contribution in [0, 0.1) is 12.3 Å². The number of rotatable bonds is 1. The lowest BCUT2D eigenvalue weighted by Gasteiger charge is -2.41. The van der Waals surface area contributed by atoms with Crippen molar-refractivity contribution in [2.24, 2.45) is 16.1 Å². The molecule has 0 saturated carbocycles.